The molecule has 0 bridgehead atoms. The fraction of sp³-hybridized carbons (Fsp3) is 0.942. The van der Waals surface area contributed by atoms with E-state index in [4.69, 9.17) is 14.2 Å². The molecule has 0 aromatic rings. The van der Waals surface area contributed by atoms with Gasteiger partial charge in [-0.2, -0.15) is 0 Å². The maximum absolute atomic E-state index is 12.7. The normalized spacial score (nSPS) is 12.5. The van der Waals surface area contributed by atoms with Crippen molar-refractivity contribution in [1.82, 2.24) is 0 Å². The fourth-order valence-electron chi connectivity index (χ4n) is 7.78. The Bertz CT molecular complexity index is 887. The predicted octanol–water partition coefficient (Wildman–Crippen LogP) is 16.5. The lowest BCUT2D eigenvalue weighted by atomic mass is 10.00. The molecule has 6 nitrogen and oxygen atoms in total. The smallest absolute Gasteiger partial charge is 0.306 e. The second-order valence-corrected chi connectivity index (χ2v) is 18.5. The van der Waals surface area contributed by atoms with Gasteiger partial charge < -0.3 is 14.2 Å². The molecule has 0 N–H and O–H groups in total. The van der Waals surface area contributed by atoms with Crippen LogP contribution in [0.15, 0.2) is 0 Å². The zero-order chi connectivity index (χ0) is 42.6. The maximum atomic E-state index is 12.7. The lowest BCUT2D eigenvalue weighted by Crippen LogP contribution is -2.30. The maximum Gasteiger partial charge on any atom is 0.306 e. The molecular formula is C52H100O6. The summed E-state index contributed by atoms with van der Waals surface area (Å²) in [5.41, 5.74) is 0. The second kappa shape index (κ2) is 44.9. The molecule has 0 radical (unpaired) electrons. The molecule has 0 saturated carbocycles. The van der Waals surface area contributed by atoms with Crippen LogP contribution >= 0.6 is 0 Å². The Hall–Kier alpha value is -1.59. The van der Waals surface area contributed by atoms with Gasteiger partial charge in [-0.05, 0) is 31.1 Å². The number of ether oxygens (including phenoxy) is 3. The third-order valence-electron chi connectivity index (χ3n) is 12.1. The van der Waals surface area contributed by atoms with Crippen molar-refractivity contribution in [2.75, 3.05) is 13.2 Å². The van der Waals surface area contributed by atoms with Crippen LogP contribution in [0.2, 0.25) is 0 Å². The molecule has 0 aliphatic rings. The van der Waals surface area contributed by atoms with E-state index in [1.807, 2.05) is 0 Å². The molecule has 0 rings (SSSR count). The summed E-state index contributed by atoms with van der Waals surface area (Å²) in [5.74, 6) is 0.764. The van der Waals surface area contributed by atoms with E-state index in [1.54, 1.807) is 0 Å². The minimum Gasteiger partial charge on any atom is -0.462 e. The first-order valence-corrected chi connectivity index (χ1v) is 25.8. The van der Waals surface area contributed by atoms with Gasteiger partial charge >= 0.3 is 17.9 Å². The van der Waals surface area contributed by atoms with Crippen molar-refractivity contribution in [1.29, 1.82) is 0 Å². The lowest BCUT2D eigenvalue weighted by Gasteiger charge is -2.18. The zero-order valence-electron chi connectivity index (χ0n) is 39.7. The van der Waals surface area contributed by atoms with Gasteiger partial charge in [0.15, 0.2) is 6.10 Å². The van der Waals surface area contributed by atoms with Gasteiger partial charge in [0.25, 0.3) is 0 Å². The molecule has 0 spiro atoms. The Labute approximate surface area is 361 Å². The van der Waals surface area contributed by atoms with Crippen LogP contribution in [0, 0.1) is 11.8 Å². The van der Waals surface area contributed by atoms with Gasteiger partial charge in [-0.1, -0.05) is 247 Å². The zero-order valence-corrected chi connectivity index (χ0v) is 39.7. The van der Waals surface area contributed by atoms with Crippen molar-refractivity contribution in [2.24, 2.45) is 11.8 Å². The van der Waals surface area contributed by atoms with Crippen LogP contribution in [-0.4, -0.2) is 37.2 Å². The minimum absolute atomic E-state index is 0.0649. The summed E-state index contributed by atoms with van der Waals surface area (Å²) < 4.78 is 16.8. The molecule has 1 unspecified atom stereocenters. The van der Waals surface area contributed by atoms with Crippen molar-refractivity contribution in [3.63, 3.8) is 0 Å². The first kappa shape index (κ1) is 56.4. The summed E-state index contributed by atoms with van der Waals surface area (Å²) in [7, 11) is 0. The van der Waals surface area contributed by atoms with Crippen LogP contribution < -0.4 is 0 Å². The van der Waals surface area contributed by atoms with Gasteiger partial charge in [0.2, 0.25) is 0 Å². The number of esters is 3. The second-order valence-electron chi connectivity index (χ2n) is 18.5. The number of hydrogen-bond acceptors (Lipinski definition) is 6. The summed E-state index contributed by atoms with van der Waals surface area (Å²) in [6, 6.07) is 0. The molecule has 0 aliphatic carbocycles. The number of hydrogen-bond donors (Lipinski definition) is 0. The highest BCUT2D eigenvalue weighted by molar-refractivity contribution is 5.71. The highest BCUT2D eigenvalue weighted by Crippen LogP contribution is 2.18. The van der Waals surface area contributed by atoms with Crippen LogP contribution in [0.3, 0.4) is 0 Å². The Kier molecular flexibility index (Phi) is 43.7. The fourth-order valence-corrected chi connectivity index (χ4v) is 7.78. The van der Waals surface area contributed by atoms with Crippen molar-refractivity contribution >= 4 is 17.9 Å². The molecule has 344 valence electrons. The topological polar surface area (TPSA) is 78.9 Å². The lowest BCUT2D eigenvalue weighted by molar-refractivity contribution is -0.167. The number of carbonyl (C=O) groups is 3. The highest BCUT2D eigenvalue weighted by atomic mass is 16.6. The summed E-state index contributed by atoms with van der Waals surface area (Å²) in [4.78, 5) is 37.9. The first-order chi connectivity index (χ1) is 28.3. The van der Waals surface area contributed by atoms with Gasteiger partial charge in [-0.3, -0.25) is 14.4 Å². The molecule has 0 fully saturated rings. The minimum atomic E-state index is -0.762. The molecular weight excluding hydrogens is 721 g/mol. The average molecular weight is 821 g/mol. The SMILES string of the molecule is CCCCCCCCCCCCCCCCCCCCC(=O)OC[C@@H](COC(=O)CCCCCCCCCCCC(C)C)OC(=O)CCCCCCCCC(C)CC. The van der Waals surface area contributed by atoms with Crippen LogP contribution in [0.1, 0.15) is 285 Å². The molecule has 0 heterocycles. The largest absolute Gasteiger partial charge is 0.462 e. The Morgan fingerprint density at radius 2 is 0.655 bits per heavy atom. The van der Waals surface area contributed by atoms with Gasteiger partial charge in [0.05, 0.1) is 0 Å². The summed E-state index contributed by atoms with van der Waals surface area (Å²) in [5, 5.41) is 0. The highest BCUT2D eigenvalue weighted by Gasteiger charge is 2.19. The van der Waals surface area contributed by atoms with Crippen LogP contribution in [0.4, 0.5) is 0 Å². The van der Waals surface area contributed by atoms with E-state index in [2.05, 4.69) is 34.6 Å². The van der Waals surface area contributed by atoms with E-state index in [0.717, 1.165) is 69.6 Å². The summed E-state index contributed by atoms with van der Waals surface area (Å²) >= 11 is 0. The van der Waals surface area contributed by atoms with E-state index >= 15 is 0 Å². The number of unbranched alkanes of at least 4 members (excludes halogenated alkanes) is 30. The number of carbonyl (C=O) groups excluding carboxylic acids is 3. The van der Waals surface area contributed by atoms with Crippen LogP contribution in [-0.2, 0) is 28.6 Å². The average Bonchev–Trinajstić information content (AvgIpc) is 3.21. The number of rotatable bonds is 46. The molecule has 0 amide bonds. The van der Waals surface area contributed by atoms with Crippen molar-refractivity contribution in [2.45, 2.75) is 291 Å². The van der Waals surface area contributed by atoms with E-state index in [-0.39, 0.29) is 31.1 Å². The molecule has 2 atom stereocenters. The molecule has 0 aliphatic heterocycles. The summed E-state index contributed by atoms with van der Waals surface area (Å²) in [6.07, 6.45) is 45.3. The van der Waals surface area contributed by atoms with Gasteiger partial charge in [-0.15, -0.1) is 0 Å². The van der Waals surface area contributed by atoms with Crippen LogP contribution in [0.5, 0.6) is 0 Å². The molecule has 0 aromatic heterocycles. The quantitative estimate of drug-likeness (QED) is 0.0346. The van der Waals surface area contributed by atoms with Crippen molar-refractivity contribution < 1.29 is 28.6 Å². The van der Waals surface area contributed by atoms with E-state index in [0.29, 0.717) is 19.3 Å². The monoisotopic (exact) mass is 821 g/mol. The molecule has 0 aromatic carbocycles. The summed E-state index contributed by atoms with van der Waals surface area (Å²) in [6.45, 7) is 11.3. The van der Waals surface area contributed by atoms with Gasteiger partial charge in [-0.25, -0.2) is 0 Å². The third kappa shape index (κ3) is 44.0. The Morgan fingerprint density at radius 1 is 0.362 bits per heavy atom. The Morgan fingerprint density at radius 3 is 0.983 bits per heavy atom. The molecule has 6 heteroatoms. The van der Waals surface area contributed by atoms with Crippen molar-refractivity contribution in [3.05, 3.63) is 0 Å². The molecule has 58 heavy (non-hydrogen) atoms. The first-order valence-electron chi connectivity index (χ1n) is 25.8. The van der Waals surface area contributed by atoms with Gasteiger partial charge in [0, 0.05) is 19.3 Å². The van der Waals surface area contributed by atoms with E-state index in [1.165, 1.54) is 173 Å². The van der Waals surface area contributed by atoms with E-state index in [9.17, 15) is 14.4 Å². The van der Waals surface area contributed by atoms with E-state index < -0.39 is 6.10 Å². The predicted molar refractivity (Wildman–Crippen MR) is 247 cm³/mol. The Balaban J connectivity index is 4.25. The standard InChI is InChI=1S/C52H100O6/c1-6-8-9-10-11-12-13-14-15-16-17-18-19-20-23-26-32-37-42-50(53)56-45-49(58-52(55)44-39-34-29-28-31-36-41-48(5)7-2)46-57-51(54)43-38-33-27-24-21-22-25-30-35-40-47(3)4/h47-49H,6-46H2,1-5H3/t48?,49-/m0/s1. The third-order valence-corrected chi connectivity index (χ3v) is 12.1. The van der Waals surface area contributed by atoms with Gasteiger partial charge in [0.1, 0.15) is 13.2 Å². The van der Waals surface area contributed by atoms with Crippen molar-refractivity contribution in [3.8, 4) is 0 Å². The van der Waals surface area contributed by atoms with Crippen LogP contribution in [0.25, 0.3) is 0 Å². The molecule has 0 saturated heterocycles.